The van der Waals surface area contributed by atoms with Crippen molar-refractivity contribution >= 4 is 23.7 Å². The van der Waals surface area contributed by atoms with Gasteiger partial charge >= 0.3 is 12.4 Å². The Bertz CT molecular complexity index is 479. The third-order valence-corrected chi connectivity index (χ3v) is 4.75. The van der Waals surface area contributed by atoms with Crippen LogP contribution in [-0.2, 0) is 6.18 Å². The van der Waals surface area contributed by atoms with Crippen molar-refractivity contribution in [2.24, 2.45) is 17.6 Å². The first-order chi connectivity index (χ1) is 9.59. The first kappa shape index (κ1) is 19.5. The number of hydrogen-bond donors (Lipinski definition) is 1. The number of alkyl halides is 6. The van der Waals surface area contributed by atoms with Crippen LogP contribution in [0, 0.1) is 11.8 Å². The first-order valence-electron chi connectivity index (χ1n) is 6.44. The van der Waals surface area contributed by atoms with Gasteiger partial charge in [-0.15, -0.1) is 23.7 Å². The fourth-order valence-electron chi connectivity index (χ4n) is 2.62. The second kappa shape index (κ2) is 6.92. The maximum absolute atomic E-state index is 12.6. The highest BCUT2D eigenvalue weighted by molar-refractivity contribution is 7.09. The van der Waals surface area contributed by atoms with E-state index in [4.69, 9.17) is 5.73 Å². The number of nitrogens with two attached hydrogens (primary N) is 1. The molecule has 0 aromatic carbocycles. The number of nitrogens with zero attached hydrogens (tertiary/aromatic N) is 1. The van der Waals surface area contributed by atoms with Gasteiger partial charge in [-0.3, -0.25) is 0 Å². The third-order valence-electron chi connectivity index (χ3n) is 3.85. The van der Waals surface area contributed by atoms with Crippen molar-refractivity contribution in [1.29, 1.82) is 0 Å². The van der Waals surface area contributed by atoms with Crippen LogP contribution in [0.4, 0.5) is 26.3 Å². The fourth-order valence-corrected chi connectivity index (χ4v) is 3.35. The van der Waals surface area contributed by atoms with E-state index in [1.54, 1.807) is 0 Å². The lowest BCUT2D eigenvalue weighted by Gasteiger charge is -2.32. The molecular weight excluding hydrogens is 354 g/mol. The topological polar surface area (TPSA) is 38.9 Å². The van der Waals surface area contributed by atoms with Gasteiger partial charge in [0.05, 0.1) is 17.7 Å². The SMILES string of the molecule is Cl.NC(c1csc(C(F)(F)F)n1)C1CCC(C(F)(F)F)CC1. The van der Waals surface area contributed by atoms with Crippen LogP contribution in [0.25, 0.3) is 0 Å². The van der Waals surface area contributed by atoms with E-state index in [9.17, 15) is 26.3 Å². The van der Waals surface area contributed by atoms with Crippen molar-refractivity contribution in [3.8, 4) is 0 Å². The predicted molar refractivity (Wildman–Crippen MR) is 72.8 cm³/mol. The summed E-state index contributed by atoms with van der Waals surface area (Å²) in [6.45, 7) is 0. The Morgan fingerprint density at radius 3 is 2.05 bits per heavy atom. The van der Waals surface area contributed by atoms with Crippen LogP contribution in [0.15, 0.2) is 5.38 Å². The summed E-state index contributed by atoms with van der Waals surface area (Å²) in [5.41, 5.74) is 5.99. The maximum atomic E-state index is 12.6. The van der Waals surface area contributed by atoms with Crippen LogP contribution in [0.5, 0.6) is 0 Å². The van der Waals surface area contributed by atoms with Gasteiger partial charge in [0.2, 0.25) is 0 Å². The van der Waals surface area contributed by atoms with Gasteiger partial charge in [0.1, 0.15) is 0 Å². The minimum Gasteiger partial charge on any atom is -0.322 e. The number of thiazole rings is 1. The molecule has 1 aliphatic rings. The van der Waals surface area contributed by atoms with E-state index in [0.29, 0.717) is 11.3 Å². The molecule has 10 heteroatoms. The average Bonchev–Trinajstić information content (AvgIpc) is 2.86. The highest BCUT2D eigenvalue weighted by atomic mass is 35.5. The molecule has 1 heterocycles. The van der Waals surface area contributed by atoms with Gasteiger partial charge in [0.15, 0.2) is 5.01 Å². The average molecular weight is 369 g/mol. The lowest BCUT2D eigenvalue weighted by atomic mass is 9.78. The van der Waals surface area contributed by atoms with Crippen molar-refractivity contribution in [2.75, 3.05) is 0 Å². The highest BCUT2D eigenvalue weighted by Crippen LogP contribution is 2.43. The van der Waals surface area contributed by atoms with Crippen molar-refractivity contribution in [1.82, 2.24) is 4.98 Å². The normalized spacial score (nSPS) is 24.7. The van der Waals surface area contributed by atoms with Gasteiger partial charge in [0, 0.05) is 5.38 Å². The zero-order valence-electron chi connectivity index (χ0n) is 11.2. The largest absolute Gasteiger partial charge is 0.443 e. The Kier molecular flexibility index (Phi) is 6.14. The number of hydrogen-bond acceptors (Lipinski definition) is 3. The van der Waals surface area contributed by atoms with Crippen LogP contribution in [0.2, 0.25) is 0 Å². The fraction of sp³-hybridized carbons (Fsp3) is 0.750. The first-order valence-corrected chi connectivity index (χ1v) is 7.32. The van der Waals surface area contributed by atoms with E-state index in [0.717, 1.165) is 0 Å². The molecule has 128 valence electrons. The Morgan fingerprint density at radius 1 is 1.09 bits per heavy atom. The maximum Gasteiger partial charge on any atom is 0.443 e. The Balaban J connectivity index is 0.00000242. The van der Waals surface area contributed by atoms with Crippen LogP contribution in [0.3, 0.4) is 0 Å². The van der Waals surface area contributed by atoms with Crippen molar-refractivity contribution in [2.45, 2.75) is 44.1 Å². The molecule has 1 aliphatic carbocycles. The summed E-state index contributed by atoms with van der Waals surface area (Å²) in [6.07, 6.45) is -8.28. The summed E-state index contributed by atoms with van der Waals surface area (Å²) < 4.78 is 75.1. The number of rotatable bonds is 2. The smallest absolute Gasteiger partial charge is 0.322 e. The standard InChI is InChI=1S/C12H14F6N2S.ClH/c13-11(14,15)7-3-1-6(2-4-7)9(19)8-5-21-10(20-8)12(16,17)18;/h5-7,9H,1-4,19H2;1H. The molecule has 2 nitrogen and oxygen atoms in total. The number of aromatic nitrogens is 1. The van der Waals surface area contributed by atoms with E-state index in [-0.39, 0.29) is 49.7 Å². The molecule has 0 saturated heterocycles. The van der Waals surface area contributed by atoms with Crippen LogP contribution < -0.4 is 5.73 Å². The van der Waals surface area contributed by atoms with Crippen molar-refractivity contribution in [3.63, 3.8) is 0 Å². The lowest BCUT2D eigenvalue weighted by Crippen LogP contribution is -2.32. The van der Waals surface area contributed by atoms with Crippen molar-refractivity contribution in [3.05, 3.63) is 16.1 Å². The van der Waals surface area contributed by atoms with Gasteiger partial charge in [-0.2, -0.15) is 26.3 Å². The monoisotopic (exact) mass is 368 g/mol. The van der Waals surface area contributed by atoms with Crippen LogP contribution in [0.1, 0.15) is 42.4 Å². The lowest BCUT2D eigenvalue weighted by molar-refractivity contribution is -0.184. The van der Waals surface area contributed by atoms with E-state index in [1.807, 2.05) is 0 Å². The Hall–Kier alpha value is -0.540. The van der Waals surface area contributed by atoms with Gasteiger partial charge in [0.25, 0.3) is 0 Å². The summed E-state index contributed by atoms with van der Waals surface area (Å²) in [7, 11) is 0. The van der Waals surface area contributed by atoms with Crippen LogP contribution in [-0.4, -0.2) is 11.2 Å². The number of halogens is 7. The second-order valence-electron chi connectivity index (χ2n) is 5.25. The quantitative estimate of drug-likeness (QED) is 0.750. The molecule has 2 N–H and O–H groups in total. The van der Waals surface area contributed by atoms with Gasteiger partial charge in [-0.1, -0.05) is 0 Å². The van der Waals surface area contributed by atoms with E-state index in [2.05, 4.69) is 4.98 Å². The molecule has 22 heavy (non-hydrogen) atoms. The molecule has 1 aromatic heterocycles. The minimum atomic E-state index is -4.52. The molecule has 0 bridgehead atoms. The molecule has 0 amide bonds. The molecule has 1 fully saturated rings. The molecular formula is C12H15ClF6N2S. The molecule has 1 aromatic rings. The molecule has 2 rings (SSSR count). The third kappa shape index (κ3) is 4.48. The molecule has 0 radical (unpaired) electrons. The van der Waals surface area contributed by atoms with Gasteiger partial charge in [-0.05, 0) is 31.6 Å². The minimum absolute atomic E-state index is 0. The summed E-state index contributed by atoms with van der Waals surface area (Å²) in [4.78, 5) is 3.47. The second-order valence-corrected chi connectivity index (χ2v) is 6.11. The highest BCUT2D eigenvalue weighted by Gasteiger charge is 2.43. The van der Waals surface area contributed by atoms with E-state index in [1.165, 1.54) is 5.38 Å². The predicted octanol–water partition coefficient (Wildman–Crippen LogP) is 4.95. The van der Waals surface area contributed by atoms with Gasteiger partial charge < -0.3 is 5.73 Å². The zero-order valence-corrected chi connectivity index (χ0v) is 12.9. The van der Waals surface area contributed by atoms with Crippen LogP contribution >= 0.6 is 23.7 Å². The molecule has 0 aliphatic heterocycles. The van der Waals surface area contributed by atoms with E-state index >= 15 is 0 Å². The molecule has 1 atom stereocenters. The van der Waals surface area contributed by atoms with Gasteiger partial charge in [-0.25, -0.2) is 4.98 Å². The zero-order chi connectivity index (χ0) is 15.8. The molecule has 0 spiro atoms. The summed E-state index contributed by atoms with van der Waals surface area (Å²) in [5.74, 6) is -1.59. The summed E-state index contributed by atoms with van der Waals surface area (Å²) in [6, 6.07) is -0.744. The Labute approximate surface area is 133 Å². The molecule has 1 unspecified atom stereocenters. The molecule has 1 saturated carbocycles. The van der Waals surface area contributed by atoms with Crippen molar-refractivity contribution < 1.29 is 26.3 Å². The van der Waals surface area contributed by atoms with E-state index < -0.39 is 29.3 Å². The Morgan fingerprint density at radius 2 is 1.64 bits per heavy atom. The summed E-state index contributed by atoms with van der Waals surface area (Å²) in [5, 5.41) is 0.264. The summed E-state index contributed by atoms with van der Waals surface area (Å²) >= 11 is 0.458.